The summed E-state index contributed by atoms with van der Waals surface area (Å²) in [5.74, 6) is 0.394. The lowest BCUT2D eigenvalue weighted by Crippen LogP contribution is -2.52. The number of aliphatic hydroxyl groups excluding tert-OH is 1. The molecular weight excluding hydrogens is 408 g/mol. The molecule has 0 spiro atoms. The number of para-hydroxylation sites is 1. The lowest BCUT2D eigenvalue weighted by molar-refractivity contribution is 0.205. The van der Waals surface area contributed by atoms with Gasteiger partial charge < -0.3 is 20.2 Å². The van der Waals surface area contributed by atoms with Crippen LogP contribution in [-0.4, -0.2) is 75.5 Å². The fourth-order valence-electron chi connectivity index (χ4n) is 3.26. The van der Waals surface area contributed by atoms with E-state index in [2.05, 4.69) is 32.2 Å². The molecule has 2 aromatic rings. The van der Waals surface area contributed by atoms with Crippen molar-refractivity contribution in [1.82, 2.24) is 10.2 Å². The number of nitrogens with one attached hydrogen (secondary N) is 1. The molecule has 1 unspecified atom stereocenters. The molecule has 1 atom stereocenters. The van der Waals surface area contributed by atoms with Crippen LogP contribution in [0.5, 0.6) is 0 Å². The van der Waals surface area contributed by atoms with Crippen molar-refractivity contribution in [1.29, 1.82) is 0 Å². The summed E-state index contributed by atoms with van der Waals surface area (Å²) < 4.78 is 24.9. The Kier molecular flexibility index (Phi) is 7.51. The van der Waals surface area contributed by atoms with Crippen LogP contribution in [0, 0.1) is 0 Å². The summed E-state index contributed by atoms with van der Waals surface area (Å²) in [5, 5.41) is 15.2. The van der Waals surface area contributed by atoms with Crippen molar-refractivity contribution in [3.05, 3.63) is 47.8 Å². The first kappa shape index (κ1) is 21.6. The van der Waals surface area contributed by atoms with Gasteiger partial charge >= 0.3 is 0 Å². The SMILES string of the molecule is CCNC(=NCC(O)CS(=O)(=O)c1cccs1)N1CCN(c2ccccc2)CC1. The topological polar surface area (TPSA) is 85.2 Å². The second-order valence-corrected chi connectivity index (χ2v) is 10.1. The van der Waals surface area contributed by atoms with E-state index in [-0.39, 0.29) is 16.5 Å². The van der Waals surface area contributed by atoms with E-state index < -0.39 is 15.9 Å². The van der Waals surface area contributed by atoms with Gasteiger partial charge in [-0.3, -0.25) is 4.99 Å². The van der Waals surface area contributed by atoms with Crippen molar-refractivity contribution in [3.63, 3.8) is 0 Å². The average molecular weight is 437 g/mol. The molecule has 1 aromatic heterocycles. The maximum absolute atomic E-state index is 12.3. The number of anilines is 1. The number of hydrogen-bond donors (Lipinski definition) is 2. The summed E-state index contributed by atoms with van der Waals surface area (Å²) in [5.41, 5.74) is 1.21. The summed E-state index contributed by atoms with van der Waals surface area (Å²) in [6.07, 6.45) is -1.04. The first-order valence-corrected chi connectivity index (χ1v) is 12.3. The Morgan fingerprint density at radius 2 is 1.90 bits per heavy atom. The zero-order valence-corrected chi connectivity index (χ0v) is 18.2. The number of rotatable bonds is 7. The zero-order chi connectivity index (χ0) is 20.7. The summed E-state index contributed by atoms with van der Waals surface area (Å²) in [4.78, 5) is 8.99. The Balaban J connectivity index is 1.57. The number of aliphatic hydroxyl groups is 1. The molecule has 0 amide bonds. The zero-order valence-electron chi connectivity index (χ0n) is 16.6. The van der Waals surface area contributed by atoms with Crippen LogP contribution in [0.15, 0.2) is 57.0 Å². The van der Waals surface area contributed by atoms with E-state index in [0.717, 1.165) is 26.2 Å². The fraction of sp³-hybridized carbons (Fsp3) is 0.450. The minimum Gasteiger partial charge on any atom is -0.390 e. The van der Waals surface area contributed by atoms with Gasteiger partial charge in [-0.05, 0) is 30.5 Å². The summed E-state index contributed by atoms with van der Waals surface area (Å²) in [6, 6.07) is 13.6. The van der Waals surface area contributed by atoms with E-state index in [9.17, 15) is 13.5 Å². The Hall–Kier alpha value is -2.10. The molecule has 2 N–H and O–H groups in total. The van der Waals surface area contributed by atoms with Crippen molar-refractivity contribution < 1.29 is 13.5 Å². The second kappa shape index (κ2) is 10.1. The first-order chi connectivity index (χ1) is 14.0. The molecule has 9 heteroatoms. The summed E-state index contributed by atoms with van der Waals surface area (Å²) in [7, 11) is -3.48. The quantitative estimate of drug-likeness (QED) is 0.507. The van der Waals surface area contributed by atoms with Gasteiger partial charge in [0.15, 0.2) is 15.8 Å². The number of nitrogens with zero attached hydrogens (tertiary/aromatic N) is 3. The third-order valence-corrected chi connectivity index (χ3v) is 7.99. The van der Waals surface area contributed by atoms with Crippen LogP contribution in [-0.2, 0) is 9.84 Å². The van der Waals surface area contributed by atoms with E-state index >= 15 is 0 Å². The van der Waals surface area contributed by atoms with E-state index in [4.69, 9.17) is 0 Å². The van der Waals surface area contributed by atoms with E-state index in [1.807, 2.05) is 25.1 Å². The van der Waals surface area contributed by atoms with Crippen LogP contribution in [0.4, 0.5) is 5.69 Å². The molecule has 1 aliphatic rings. The molecule has 1 aliphatic heterocycles. The normalized spacial score (nSPS) is 16.7. The van der Waals surface area contributed by atoms with Gasteiger partial charge in [-0.2, -0.15) is 0 Å². The molecule has 2 heterocycles. The number of sulfone groups is 1. The molecule has 3 rings (SSSR count). The monoisotopic (exact) mass is 436 g/mol. The third-order valence-electron chi connectivity index (χ3n) is 4.70. The van der Waals surface area contributed by atoms with Crippen molar-refractivity contribution in [2.75, 3.05) is 49.9 Å². The standard InChI is InChI=1S/C20H28N4O3S2/c1-2-21-20(22-15-18(25)16-29(26,27)19-9-6-14-28-19)24-12-10-23(11-13-24)17-7-4-3-5-8-17/h3-9,14,18,25H,2,10-13,15-16H2,1H3,(H,21,22). The lowest BCUT2D eigenvalue weighted by atomic mass is 10.2. The Labute approximate surface area is 176 Å². The maximum Gasteiger partial charge on any atom is 0.194 e. The molecule has 0 saturated carbocycles. The van der Waals surface area contributed by atoms with E-state index in [1.165, 1.54) is 17.0 Å². The molecule has 0 aliphatic carbocycles. The Morgan fingerprint density at radius 3 is 2.52 bits per heavy atom. The largest absolute Gasteiger partial charge is 0.390 e. The number of guanidine groups is 1. The van der Waals surface area contributed by atoms with Gasteiger partial charge in [-0.15, -0.1) is 11.3 Å². The minimum atomic E-state index is -3.48. The van der Waals surface area contributed by atoms with Crippen molar-refractivity contribution in [2.45, 2.75) is 17.2 Å². The Bertz CT molecular complexity index is 878. The van der Waals surface area contributed by atoms with Crippen LogP contribution < -0.4 is 10.2 Å². The lowest BCUT2D eigenvalue weighted by Gasteiger charge is -2.37. The van der Waals surface area contributed by atoms with Gasteiger partial charge in [-0.25, -0.2) is 8.42 Å². The maximum atomic E-state index is 12.3. The molecule has 0 bridgehead atoms. The predicted molar refractivity (Wildman–Crippen MR) is 119 cm³/mol. The molecular formula is C20H28N4O3S2. The highest BCUT2D eigenvalue weighted by atomic mass is 32.2. The minimum absolute atomic E-state index is 0.0475. The highest BCUT2D eigenvalue weighted by Gasteiger charge is 2.22. The Morgan fingerprint density at radius 1 is 1.17 bits per heavy atom. The van der Waals surface area contributed by atoms with Crippen LogP contribution in [0.25, 0.3) is 0 Å². The van der Waals surface area contributed by atoms with Crippen LogP contribution in [0.3, 0.4) is 0 Å². The molecule has 7 nitrogen and oxygen atoms in total. The average Bonchev–Trinajstić information content (AvgIpc) is 3.28. The predicted octanol–water partition coefficient (Wildman–Crippen LogP) is 1.67. The van der Waals surface area contributed by atoms with Crippen molar-refractivity contribution in [2.24, 2.45) is 4.99 Å². The molecule has 1 saturated heterocycles. The number of thiophene rings is 1. The molecule has 1 fully saturated rings. The molecule has 158 valence electrons. The van der Waals surface area contributed by atoms with Gasteiger partial charge in [0.2, 0.25) is 0 Å². The first-order valence-electron chi connectivity index (χ1n) is 9.77. The summed E-state index contributed by atoms with van der Waals surface area (Å²) in [6.45, 7) is 6.13. The van der Waals surface area contributed by atoms with Gasteiger partial charge in [0.1, 0.15) is 4.21 Å². The van der Waals surface area contributed by atoms with Crippen LogP contribution >= 0.6 is 11.3 Å². The van der Waals surface area contributed by atoms with E-state index in [0.29, 0.717) is 12.5 Å². The number of aliphatic imine (C=N–C) groups is 1. The van der Waals surface area contributed by atoms with E-state index in [1.54, 1.807) is 17.5 Å². The van der Waals surface area contributed by atoms with Crippen LogP contribution in [0.1, 0.15) is 6.92 Å². The third kappa shape index (κ3) is 5.94. The second-order valence-electron chi connectivity index (χ2n) is 6.87. The number of piperazine rings is 1. The van der Waals surface area contributed by atoms with Gasteiger partial charge in [-0.1, -0.05) is 24.3 Å². The number of benzene rings is 1. The van der Waals surface area contributed by atoms with Crippen LogP contribution in [0.2, 0.25) is 0 Å². The fourth-order valence-corrected chi connectivity index (χ4v) is 5.73. The van der Waals surface area contributed by atoms with Gasteiger partial charge in [0.25, 0.3) is 0 Å². The van der Waals surface area contributed by atoms with Crippen molar-refractivity contribution in [3.8, 4) is 0 Å². The molecule has 0 radical (unpaired) electrons. The number of hydrogen-bond acceptors (Lipinski definition) is 6. The molecule has 29 heavy (non-hydrogen) atoms. The highest BCUT2D eigenvalue weighted by molar-refractivity contribution is 7.93. The summed E-state index contributed by atoms with van der Waals surface area (Å²) >= 11 is 1.17. The van der Waals surface area contributed by atoms with Gasteiger partial charge in [0, 0.05) is 38.4 Å². The smallest absolute Gasteiger partial charge is 0.194 e. The van der Waals surface area contributed by atoms with Gasteiger partial charge in [0.05, 0.1) is 18.4 Å². The van der Waals surface area contributed by atoms with Crippen molar-refractivity contribution >= 4 is 32.8 Å². The highest BCUT2D eigenvalue weighted by Crippen LogP contribution is 2.18. The molecule has 1 aromatic carbocycles.